The lowest BCUT2D eigenvalue weighted by atomic mass is 10.2. The Morgan fingerprint density at radius 1 is 1.08 bits per heavy atom. The van der Waals surface area contributed by atoms with Crippen LogP contribution < -0.4 is 9.64 Å². The molecule has 0 saturated heterocycles. The third kappa shape index (κ3) is 5.29. The van der Waals surface area contributed by atoms with Gasteiger partial charge >= 0.3 is 0 Å². The molecule has 3 rings (SSSR count). The minimum Gasteiger partial charge on any atom is -0.488 e. The second kappa shape index (κ2) is 8.47. The van der Waals surface area contributed by atoms with E-state index in [1.165, 1.54) is 4.90 Å². The molecule has 0 aliphatic heterocycles. The van der Waals surface area contributed by atoms with Gasteiger partial charge in [-0.2, -0.15) is 0 Å². The Morgan fingerprint density at radius 3 is 2.52 bits per heavy atom. The highest BCUT2D eigenvalue weighted by Crippen LogP contribution is 2.20. The molecule has 5 nitrogen and oxygen atoms in total. The number of ether oxygens (including phenoxy) is 1. The zero-order chi connectivity index (χ0) is 17.6. The van der Waals surface area contributed by atoms with E-state index in [1.54, 1.807) is 0 Å². The molecule has 1 atom stereocenters. The minimum atomic E-state index is 0.535. The maximum atomic E-state index is 5.86. The molecule has 0 aliphatic carbocycles. The van der Waals surface area contributed by atoms with E-state index in [0.717, 1.165) is 22.3 Å². The predicted octanol–water partition coefficient (Wildman–Crippen LogP) is 3.25. The summed E-state index contributed by atoms with van der Waals surface area (Å²) in [5.74, 6) is 1.96. The van der Waals surface area contributed by atoms with E-state index in [2.05, 4.69) is 33.2 Å². The quantitative estimate of drug-likeness (QED) is 0.634. The molecule has 1 unspecified atom stereocenters. The molecule has 0 saturated carbocycles. The van der Waals surface area contributed by atoms with E-state index in [0.29, 0.717) is 30.0 Å². The topological polar surface area (TPSA) is 52.6 Å². The summed E-state index contributed by atoms with van der Waals surface area (Å²) in [6, 6.07) is 15.1. The molecule has 0 bridgehead atoms. The zero-order valence-electron chi connectivity index (χ0n) is 13.7. The molecule has 1 N–H and O–H groups in total. The van der Waals surface area contributed by atoms with Crippen molar-refractivity contribution in [3.05, 3.63) is 63.9 Å². The number of halogens is 2. The van der Waals surface area contributed by atoms with Crippen molar-refractivity contribution in [2.24, 2.45) is 0 Å². The van der Waals surface area contributed by atoms with Crippen LogP contribution in [0, 0.1) is 0 Å². The summed E-state index contributed by atoms with van der Waals surface area (Å²) in [7, 11) is 2.06. The number of hydrogen-bond donors (Lipinski definition) is 1. The van der Waals surface area contributed by atoms with Crippen LogP contribution in [0.2, 0.25) is 5.02 Å². The van der Waals surface area contributed by atoms with Crippen molar-refractivity contribution in [2.45, 2.75) is 6.54 Å². The summed E-state index contributed by atoms with van der Waals surface area (Å²) in [5.41, 5.74) is 0.908. The number of aromatic nitrogens is 2. The fraction of sp³-hybridized carbons (Fsp3) is 0.222. The van der Waals surface area contributed by atoms with Gasteiger partial charge in [0.15, 0.2) is 6.54 Å². The molecule has 1 heterocycles. The first kappa shape index (κ1) is 17.9. The molecule has 0 radical (unpaired) electrons. The van der Waals surface area contributed by atoms with Crippen LogP contribution in [0.15, 0.2) is 57.4 Å². The fourth-order valence-electron chi connectivity index (χ4n) is 2.25. The standard InChI is InChI=1S/C18H17BrClN3O2/c1-23(10-11-24-16-8-6-15(20)7-9-16)12-17-21-22-18(25-17)13-2-4-14(19)5-3-13/h2-9H,10-12H2,1H3/p+1. The van der Waals surface area contributed by atoms with Crippen LogP contribution in [-0.4, -0.2) is 30.4 Å². The predicted molar refractivity (Wildman–Crippen MR) is 99.8 cm³/mol. The highest BCUT2D eigenvalue weighted by molar-refractivity contribution is 9.10. The van der Waals surface area contributed by atoms with Crippen LogP contribution in [0.3, 0.4) is 0 Å². The van der Waals surface area contributed by atoms with Crippen molar-refractivity contribution in [1.82, 2.24) is 10.2 Å². The van der Waals surface area contributed by atoms with Crippen molar-refractivity contribution >= 4 is 27.5 Å². The van der Waals surface area contributed by atoms with E-state index in [4.69, 9.17) is 20.8 Å². The SMILES string of the molecule is C[NH+](CCOc1ccc(Cl)cc1)Cc1nnc(-c2ccc(Br)cc2)o1. The van der Waals surface area contributed by atoms with Gasteiger partial charge < -0.3 is 14.1 Å². The van der Waals surface area contributed by atoms with E-state index < -0.39 is 0 Å². The van der Waals surface area contributed by atoms with Gasteiger partial charge in [-0.05, 0) is 48.5 Å². The largest absolute Gasteiger partial charge is 0.488 e. The van der Waals surface area contributed by atoms with Gasteiger partial charge in [0.1, 0.15) is 18.9 Å². The van der Waals surface area contributed by atoms with Gasteiger partial charge in [0.25, 0.3) is 5.89 Å². The first-order valence-corrected chi connectivity index (χ1v) is 9.05. The number of nitrogens with one attached hydrogen (secondary N) is 1. The van der Waals surface area contributed by atoms with Gasteiger partial charge in [-0.25, -0.2) is 0 Å². The molecule has 7 heteroatoms. The van der Waals surface area contributed by atoms with E-state index >= 15 is 0 Å². The monoisotopic (exact) mass is 422 g/mol. The van der Waals surface area contributed by atoms with Crippen LogP contribution in [-0.2, 0) is 6.54 Å². The first-order chi connectivity index (χ1) is 12.1. The Labute approximate surface area is 159 Å². The van der Waals surface area contributed by atoms with Gasteiger partial charge in [-0.3, -0.25) is 0 Å². The molecule has 0 aliphatic rings. The Bertz CT molecular complexity index is 806. The smallest absolute Gasteiger partial charge is 0.271 e. The van der Waals surface area contributed by atoms with E-state index in [-0.39, 0.29) is 0 Å². The molecule has 130 valence electrons. The Balaban J connectivity index is 1.48. The lowest BCUT2D eigenvalue weighted by molar-refractivity contribution is -0.895. The Kier molecular flexibility index (Phi) is 6.07. The minimum absolute atomic E-state index is 0.535. The molecule has 2 aromatic carbocycles. The zero-order valence-corrected chi connectivity index (χ0v) is 16.0. The Morgan fingerprint density at radius 2 is 1.80 bits per heavy atom. The molecule has 0 spiro atoms. The van der Waals surface area contributed by atoms with Crippen molar-refractivity contribution in [1.29, 1.82) is 0 Å². The third-order valence-corrected chi connectivity index (χ3v) is 4.40. The fourth-order valence-corrected chi connectivity index (χ4v) is 2.64. The number of rotatable bonds is 7. The second-order valence-electron chi connectivity index (χ2n) is 5.69. The van der Waals surface area contributed by atoms with Crippen LogP contribution in [0.25, 0.3) is 11.5 Å². The Hall–Kier alpha value is -1.89. The summed E-state index contributed by atoms with van der Waals surface area (Å²) in [6.07, 6.45) is 0. The van der Waals surface area contributed by atoms with Gasteiger partial charge in [0.2, 0.25) is 5.89 Å². The third-order valence-electron chi connectivity index (χ3n) is 3.62. The van der Waals surface area contributed by atoms with E-state index in [1.807, 2.05) is 48.5 Å². The van der Waals surface area contributed by atoms with Gasteiger partial charge in [0.05, 0.1) is 7.05 Å². The summed E-state index contributed by atoms with van der Waals surface area (Å²) in [4.78, 5) is 1.22. The van der Waals surface area contributed by atoms with Crippen molar-refractivity contribution in [3.63, 3.8) is 0 Å². The molecular weight excluding hydrogens is 406 g/mol. The molecule has 1 aromatic heterocycles. The lowest BCUT2D eigenvalue weighted by Gasteiger charge is -2.12. The van der Waals surface area contributed by atoms with Crippen molar-refractivity contribution < 1.29 is 14.1 Å². The second-order valence-corrected chi connectivity index (χ2v) is 7.05. The summed E-state index contributed by atoms with van der Waals surface area (Å²) in [5, 5.41) is 8.94. The van der Waals surface area contributed by atoms with Crippen LogP contribution in [0.5, 0.6) is 5.75 Å². The number of likely N-dealkylation sites (N-methyl/N-ethyl adjacent to an activating group) is 1. The molecule has 0 fully saturated rings. The van der Waals surface area contributed by atoms with Crippen LogP contribution in [0.4, 0.5) is 0 Å². The average molecular weight is 424 g/mol. The van der Waals surface area contributed by atoms with Crippen LogP contribution >= 0.6 is 27.5 Å². The normalized spacial score (nSPS) is 12.1. The highest BCUT2D eigenvalue weighted by atomic mass is 79.9. The number of quaternary nitrogens is 1. The molecule has 3 aromatic rings. The number of nitrogens with zero attached hydrogens (tertiary/aromatic N) is 2. The van der Waals surface area contributed by atoms with Gasteiger partial charge in [0, 0.05) is 15.1 Å². The van der Waals surface area contributed by atoms with Gasteiger partial charge in [-0.1, -0.05) is 27.5 Å². The van der Waals surface area contributed by atoms with E-state index in [9.17, 15) is 0 Å². The van der Waals surface area contributed by atoms with Gasteiger partial charge in [-0.15, -0.1) is 10.2 Å². The molecule has 0 amide bonds. The number of hydrogen-bond acceptors (Lipinski definition) is 4. The number of benzene rings is 2. The maximum Gasteiger partial charge on any atom is 0.271 e. The first-order valence-electron chi connectivity index (χ1n) is 7.88. The molecule has 25 heavy (non-hydrogen) atoms. The molecular formula is C18H18BrClN3O2+. The average Bonchev–Trinajstić information content (AvgIpc) is 3.06. The summed E-state index contributed by atoms with van der Waals surface area (Å²) < 4.78 is 12.5. The van der Waals surface area contributed by atoms with Crippen molar-refractivity contribution in [2.75, 3.05) is 20.2 Å². The maximum absolute atomic E-state index is 5.86. The van der Waals surface area contributed by atoms with Crippen LogP contribution in [0.1, 0.15) is 5.89 Å². The lowest BCUT2D eigenvalue weighted by Crippen LogP contribution is -3.08. The van der Waals surface area contributed by atoms with Crippen molar-refractivity contribution in [3.8, 4) is 17.2 Å². The summed E-state index contributed by atoms with van der Waals surface area (Å²) in [6.45, 7) is 2.06. The highest BCUT2D eigenvalue weighted by Gasteiger charge is 2.13. The summed E-state index contributed by atoms with van der Waals surface area (Å²) >= 11 is 9.27.